The van der Waals surface area contributed by atoms with Gasteiger partial charge in [0.15, 0.2) is 0 Å². The van der Waals surface area contributed by atoms with Crippen molar-refractivity contribution in [3.05, 3.63) is 71.5 Å². The second-order valence-electron chi connectivity index (χ2n) is 7.67. The van der Waals surface area contributed by atoms with Gasteiger partial charge >= 0.3 is 5.97 Å². The van der Waals surface area contributed by atoms with Crippen molar-refractivity contribution >= 4 is 22.6 Å². The molecule has 0 bridgehead atoms. The largest absolute Gasteiger partial charge is 0.478 e. The lowest BCUT2D eigenvalue weighted by atomic mass is 9.94. The summed E-state index contributed by atoms with van der Waals surface area (Å²) in [6.07, 6.45) is -0.0684. The highest BCUT2D eigenvalue weighted by atomic mass is 19.1. The van der Waals surface area contributed by atoms with Crippen LogP contribution in [0.15, 0.2) is 54.6 Å². The van der Waals surface area contributed by atoms with E-state index in [1.807, 2.05) is 7.05 Å². The molecule has 3 aromatic carbocycles. The number of benzene rings is 3. The number of aromatic carboxylic acids is 1. The zero-order valence-corrected chi connectivity index (χ0v) is 17.1. The summed E-state index contributed by atoms with van der Waals surface area (Å²) < 4.78 is 20.3. The van der Waals surface area contributed by atoms with Crippen LogP contribution in [0, 0.1) is 5.82 Å². The lowest BCUT2D eigenvalue weighted by molar-refractivity contribution is -0.0174. The second-order valence-corrected chi connectivity index (χ2v) is 7.67. The van der Waals surface area contributed by atoms with E-state index in [0.29, 0.717) is 35.1 Å². The van der Waals surface area contributed by atoms with Crippen molar-refractivity contribution in [3.63, 3.8) is 0 Å². The molecule has 160 valence electrons. The zero-order chi connectivity index (χ0) is 22.0. The zero-order valence-electron chi connectivity index (χ0n) is 17.1. The van der Waals surface area contributed by atoms with Crippen LogP contribution in [-0.2, 0) is 4.74 Å². The Balaban J connectivity index is 1.66. The molecule has 2 N–H and O–H groups in total. The Hall–Kier alpha value is -3.29. The molecule has 1 unspecified atom stereocenters. The summed E-state index contributed by atoms with van der Waals surface area (Å²) in [5.74, 6) is -1.89. The van der Waals surface area contributed by atoms with Crippen molar-refractivity contribution in [2.75, 3.05) is 33.3 Å². The standard InChI is InChI=1S/C24H23FN2O4/c1-27-10-11-31-16(14-27)13-26-23(28)20-7-3-4-17-18(20)5-2-6-19(17)21-12-15(24(29)30)8-9-22(21)25/h2-9,12,16H,10-11,13-14H2,1H3,(H,26,28)(H,29,30). The van der Waals surface area contributed by atoms with Crippen LogP contribution in [0.4, 0.5) is 4.39 Å². The summed E-state index contributed by atoms with van der Waals surface area (Å²) >= 11 is 0. The van der Waals surface area contributed by atoms with Crippen molar-refractivity contribution in [1.82, 2.24) is 10.2 Å². The lowest BCUT2D eigenvalue weighted by Crippen LogP contribution is -2.45. The topological polar surface area (TPSA) is 78.9 Å². The van der Waals surface area contributed by atoms with Gasteiger partial charge in [0.25, 0.3) is 5.91 Å². The molecule has 6 nitrogen and oxygen atoms in total. The third-order valence-electron chi connectivity index (χ3n) is 5.50. The van der Waals surface area contributed by atoms with Crippen molar-refractivity contribution in [2.45, 2.75) is 6.10 Å². The summed E-state index contributed by atoms with van der Waals surface area (Å²) in [7, 11) is 2.02. The van der Waals surface area contributed by atoms with Crippen LogP contribution in [0.5, 0.6) is 0 Å². The smallest absolute Gasteiger partial charge is 0.335 e. The molecular formula is C24H23FN2O4. The fourth-order valence-corrected chi connectivity index (χ4v) is 3.90. The van der Waals surface area contributed by atoms with E-state index < -0.39 is 11.8 Å². The van der Waals surface area contributed by atoms with Crippen LogP contribution in [0.2, 0.25) is 0 Å². The number of likely N-dealkylation sites (N-methyl/N-ethyl adjacent to an activating group) is 1. The van der Waals surface area contributed by atoms with Crippen molar-refractivity contribution < 1.29 is 23.8 Å². The van der Waals surface area contributed by atoms with Crippen molar-refractivity contribution in [1.29, 1.82) is 0 Å². The van der Waals surface area contributed by atoms with E-state index in [0.717, 1.165) is 19.2 Å². The Bertz CT molecular complexity index is 1150. The molecule has 0 aliphatic carbocycles. The fraction of sp³-hybridized carbons (Fsp3) is 0.250. The number of amides is 1. The van der Waals surface area contributed by atoms with Crippen LogP contribution in [-0.4, -0.2) is 61.3 Å². The van der Waals surface area contributed by atoms with Crippen LogP contribution in [0.25, 0.3) is 21.9 Å². The number of nitrogens with zero attached hydrogens (tertiary/aromatic N) is 1. The number of hydrogen-bond donors (Lipinski definition) is 2. The van der Waals surface area contributed by atoms with Gasteiger partial charge in [-0.3, -0.25) is 4.79 Å². The van der Waals surface area contributed by atoms with Crippen LogP contribution in [0.1, 0.15) is 20.7 Å². The van der Waals surface area contributed by atoms with Gasteiger partial charge in [0, 0.05) is 30.8 Å². The van der Waals surface area contributed by atoms with E-state index in [-0.39, 0.29) is 23.1 Å². The number of nitrogens with one attached hydrogen (secondary N) is 1. The third kappa shape index (κ3) is 4.42. The molecule has 0 saturated carbocycles. The first kappa shape index (κ1) is 21.0. The number of rotatable bonds is 5. The molecule has 1 heterocycles. The normalized spacial score (nSPS) is 16.9. The van der Waals surface area contributed by atoms with Crippen LogP contribution < -0.4 is 5.32 Å². The number of carboxylic acids is 1. The highest BCUT2D eigenvalue weighted by Crippen LogP contribution is 2.32. The van der Waals surface area contributed by atoms with E-state index in [1.165, 1.54) is 12.1 Å². The minimum Gasteiger partial charge on any atom is -0.478 e. The number of carbonyl (C=O) groups is 2. The van der Waals surface area contributed by atoms with Gasteiger partial charge in [-0.2, -0.15) is 0 Å². The number of hydrogen-bond acceptors (Lipinski definition) is 4. The molecule has 0 spiro atoms. The molecule has 0 radical (unpaired) electrons. The highest BCUT2D eigenvalue weighted by molar-refractivity contribution is 6.10. The van der Waals surface area contributed by atoms with Gasteiger partial charge in [0.2, 0.25) is 0 Å². The molecule has 1 atom stereocenters. The van der Waals surface area contributed by atoms with Gasteiger partial charge in [-0.15, -0.1) is 0 Å². The maximum atomic E-state index is 14.6. The van der Waals surface area contributed by atoms with Crippen LogP contribution in [0.3, 0.4) is 0 Å². The number of carbonyl (C=O) groups excluding carboxylic acids is 1. The SMILES string of the molecule is CN1CCOC(CNC(=O)c2cccc3c(-c4cc(C(=O)O)ccc4F)cccc23)C1. The minimum atomic E-state index is -1.13. The Labute approximate surface area is 179 Å². The van der Waals surface area contributed by atoms with Crippen molar-refractivity contribution in [2.24, 2.45) is 0 Å². The molecule has 1 amide bonds. The first-order chi connectivity index (χ1) is 14.9. The Morgan fingerprint density at radius 1 is 1.13 bits per heavy atom. The predicted octanol–water partition coefficient (Wildman–Crippen LogP) is 3.40. The predicted molar refractivity (Wildman–Crippen MR) is 116 cm³/mol. The molecule has 0 aromatic heterocycles. The van der Waals surface area contributed by atoms with E-state index in [4.69, 9.17) is 4.74 Å². The Kier molecular flexibility index (Phi) is 5.97. The number of fused-ring (bicyclic) bond motifs is 1. The lowest BCUT2D eigenvalue weighted by Gasteiger charge is -2.30. The Morgan fingerprint density at radius 3 is 2.68 bits per heavy atom. The summed E-state index contributed by atoms with van der Waals surface area (Å²) in [4.78, 5) is 26.4. The molecule has 31 heavy (non-hydrogen) atoms. The van der Waals surface area contributed by atoms with E-state index in [1.54, 1.807) is 36.4 Å². The number of carboxylic acid groups (broad SMARTS) is 1. The third-order valence-corrected chi connectivity index (χ3v) is 5.50. The van der Waals surface area contributed by atoms with Gasteiger partial charge < -0.3 is 20.1 Å². The van der Waals surface area contributed by atoms with E-state index in [9.17, 15) is 19.1 Å². The molecule has 7 heteroatoms. The van der Waals surface area contributed by atoms with Crippen LogP contribution >= 0.6 is 0 Å². The number of morpholine rings is 1. The minimum absolute atomic E-state index is 0.000231. The Morgan fingerprint density at radius 2 is 1.90 bits per heavy atom. The van der Waals surface area contributed by atoms with Crippen molar-refractivity contribution in [3.8, 4) is 11.1 Å². The summed E-state index contributed by atoms with van der Waals surface area (Å²) in [6, 6.07) is 14.2. The average Bonchev–Trinajstić information content (AvgIpc) is 2.77. The molecule has 3 aromatic rings. The van der Waals surface area contributed by atoms with E-state index >= 15 is 0 Å². The fourth-order valence-electron chi connectivity index (χ4n) is 3.90. The first-order valence-corrected chi connectivity index (χ1v) is 10.1. The van der Waals surface area contributed by atoms with Gasteiger partial charge in [0.05, 0.1) is 18.3 Å². The van der Waals surface area contributed by atoms with Gasteiger partial charge in [-0.05, 0) is 47.6 Å². The molecule has 4 rings (SSSR count). The summed E-state index contributed by atoms with van der Waals surface area (Å²) in [5.41, 5.74) is 1.18. The number of halogens is 1. The van der Waals surface area contributed by atoms with E-state index in [2.05, 4.69) is 10.2 Å². The first-order valence-electron chi connectivity index (χ1n) is 10.1. The summed E-state index contributed by atoms with van der Waals surface area (Å²) in [6.45, 7) is 2.65. The second kappa shape index (κ2) is 8.83. The monoisotopic (exact) mass is 422 g/mol. The number of ether oxygens (including phenoxy) is 1. The van der Waals surface area contributed by atoms with Gasteiger partial charge in [-0.1, -0.05) is 30.3 Å². The molecular weight excluding hydrogens is 399 g/mol. The summed E-state index contributed by atoms with van der Waals surface area (Å²) in [5, 5.41) is 13.5. The average molecular weight is 422 g/mol. The molecule has 1 aliphatic heterocycles. The quantitative estimate of drug-likeness (QED) is 0.659. The maximum Gasteiger partial charge on any atom is 0.335 e. The highest BCUT2D eigenvalue weighted by Gasteiger charge is 2.20. The maximum absolute atomic E-state index is 14.6. The molecule has 1 fully saturated rings. The van der Waals surface area contributed by atoms with Gasteiger partial charge in [0.1, 0.15) is 5.82 Å². The molecule has 1 aliphatic rings. The van der Waals surface area contributed by atoms with Gasteiger partial charge in [-0.25, -0.2) is 9.18 Å². The molecule has 1 saturated heterocycles.